The van der Waals surface area contributed by atoms with Crippen LogP contribution in [0.25, 0.3) is 0 Å². The van der Waals surface area contributed by atoms with E-state index in [9.17, 15) is 13.6 Å². The summed E-state index contributed by atoms with van der Waals surface area (Å²) in [7, 11) is 0. The zero-order chi connectivity index (χ0) is 14.2. The van der Waals surface area contributed by atoms with Gasteiger partial charge in [0.1, 0.15) is 11.6 Å². The van der Waals surface area contributed by atoms with E-state index < -0.39 is 17.5 Å². The molecule has 1 aromatic carbocycles. The molecule has 0 atom stereocenters. The van der Waals surface area contributed by atoms with E-state index in [0.29, 0.717) is 11.8 Å². The lowest BCUT2D eigenvalue weighted by atomic mass is 10.2. The summed E-state index contributed by atoms with van der Waals surface area (Å²) in [6, 6.07) is 1.79. The second kappa shape index (κ2) is 4.96. The van der Waals surface area contributed by atoms with Crippen LogP contribution in [0.1, 0.15) is 16.2 Å². The molecule has 2 rings (SSSR count). The van der Waals surface area contributed by atoms with Crippen LogP contribution in [-0.4, -0.2) is 16.1 Å². The molecule has 0 aliphatic carbocycles. The zero-order valence-electron chi connectivity index (χ0n) is 9.72. The molecule has 0 unspecified atom stereocenters. The quantitative estimate of drug-likeness (QED) is 0.740. The summed E-state index contributed by atoms with van der Waals surface area (Å²) in [6.45, 7) is 1.65. The number of nitrogens with one attached hydrogen (secondary N) is 2. The summed E-state index contributed by atoms with van der Waals surface area (Å²) in [5.74, 6) is -2.33. The summed E-state index contributed by atoms with van der Waals surface area (Å²) in [6.07, 6.45) is 0. The van der Waals surface area contributed by atoms with Crippen molar-refractivity contribution in [1.29, 1.82) is 0 Å². The molecule has 0 aliphatic rings. The molecule has 19 heavy (non-hydrogen) atoms. The number of aryl methyl sites for hydroxylation is 1. The highest BCUT2D eigenvalue weighted by Crippen LogP contribution is 2.24. The van der Waals surface area contributed by atoms with Gasteiger partial charge < -0.3 is 11.1 Å². The van der Waals surface area contributed by atoms with Crippen molar-refractivity contribution in [2.75, 3.05) is 11.1 Å². The third-order valence-corrected chi connectivity index (χ3v) is 3.08. The first-order chi connectivity index (χ1) is 8.90. The molecule has 0 aliphatic heterocycles. The maximum Gasteiger partial charge on any atom is 0.278 e. The van der Waals surface area contributed by atoms with Gasteiger partial charge in [0.2, 0.25) is 0 Å². The number of benzene rings is 1. The van der Waals surface area contributed by atoms with Gasteiger partial charge in [-0.05, 0) is 28.9 Å². The number of H-pyrrole nitrogens is 1. The number of carbonyl (C=O) groups is 1. The number of hydrogen-bond donors (Lipinski definition) is 3. The minimum absolute atomic E-state index is 0.0374. The van der Waals surface area contributed by atoms with E-state index in [1.54, 1.807) is 6.92 Å². The number of halogens is 3. The first-order valence-electron chi connectivity index (χ1n) is 5.16. The van der Waals surface area contributed by atoms with E-state index in [1.807, 2.05) is 0 Å². The molecule has 1 heterocycles. The summed E-state index contributed by atoms with van der Waals surface area (Å²) in [5.41, 5.74) is 6.13. The number of anilines is 2. The first-order valence-corrected chi connectivity index (χ1v) is 5.95. The molecule has 1 amide bonds. The van der Waals surface area contributed by atoms with Crippen LogP contribution in [0.5, 0.6) is 0 Å². The lowest BCUT2D eigenvalue weighted by molar-refractivity contribution is 0.102. The number of rotatable bonds is 2. The lowest BCUT2D eigenvalue weighted by Gasteiger charge is -2.06. The summed E-state index contributed by atoms with van der Waals surface area (Å²) in [5, 5.41) is 8.53. The highest BCUT2D eigenvalue weighted by molar-refractivity contribution is 9.10. The predicted molar refractivity (Wildman–Crippen MR) is 69.7 cm³/mol. The third kappa shape index (κ3) is 2.58. The lowest BCUT2D eigenvalue weighted by Crippen LogP contribution is -2.15. The highest BCUT2D eigenvalue weighted by atomic mass is 79.9. The number of nitrogens with zero attached hydrogens (tertiary/aromatic N) is 1. The number of carbonyl (C=O) groups excluding carboxylic acids is 1. The fourth-order valence-corrected chi connectivity index (χ4v) is 1.75. The molecule has 0 saturated carbocycles. The maximum atomic E-state index is 13.5. The van der Waals surface area contributed by atoms with Crippen molar-refractivity contribution in [3.05, 3.63) is 39.6 Å². The molecular formula is C11H9BrF2N4O. The number of nitrogens with two attached hydrogens (primary N) is 1. The van der Waals surface area contributed by atoms with Crippen molar-refractivity contribution in [3.8, 4) is 0 Å². The van der Waals surface area contributed by atoms with E-state index in [4.69, 9.17) is 5.73 Å². The van der Waals surface area contributed by atoms with Gasteiger partial charge >= 0.3 is 0 Å². The van der Waals surface area contributed by atoms with Crippen molar-refractivity contribution in [2.24, 2.45) is 0 Å². The molecule has 100 valence electrons. The van der Waals surface area contributed by atoms with Crippen LogP contribution in [0.15, 0.2) is 16.6 Å². The van der Waals surface area contributed by atoms with Crippen LogP contribution in [0.2, 0.25) is 0 Å². The fourth-order valence-electron chi connectivity index (χ4n) is 1.41. The van der Waals surface area contributed by atoms with Crippen LogP contribution < -0.4 is 11.1 Å². The van der Waals surface area contributed by atoms with Crippen LogP contribution in [0, 0.1) is 18.6 Å². The highest BCUT2D eigenvalue weighted by Gasteiger charge is 2.17. The van der Waals surface area contributed by atoms with Gasteiger partial charge in [-0.15, -0.1) is 0 Å². The molecule has 1 aromatic heterocycles. The van der Waals surface area contributed by atoms with Gasteiger partial charge in [-0.1, -0.05) is 0 Å². The smallest absolute Gasteiger partial charge is 0.278 e. The Balaban J connectivity index is 2.29. The molecule has 0 spiro atoms. The van der Waals surface area contributed by atoms with E-state index >= 15 is 0 Å². The van der Waals surface area contributed by atoms with Gasteiger partial charge in [0.15, 0.2) is 5.69 Å². The molecule has 4 N–H and O–H groups in total. The molecule has 0 saturated heterocycles. The number of aromatic amines is 1. The van der Waals surface area contributed by atoms with E-state index in [1.165, 1.54) is 0 Å². The Hall–Kier alpha value is -1.96. The SMILES string of the molecule is Cc1[nH]nc(C(=O)Nc2cc(Br)c(F)cc2F)c1N. The van der Waals surface area contributed by atoms with Crippen LogP contribution in [0.3, 0.4) is 0 Å². The van der Waals surface area contributed by atoms with Crippen LogP contribution >= 0.6 is 15.9 Å². The molecular weight excluding hydrogens is 322 g/mol. The minimum Gasteiger partial charge on any atom is -0.395 e. The maximum absolute atomic E-state index is 13.5. The first kappa shape index (κ1) is 13.5. The largest absolute Gasteiger partial charge is 0.395 e. The summed E-state index contributed by atoms with van der Waals surface area (Å²) in [4.78, 5) is 11.8. The monoisotopic (exact) mass is 330 g/mol. The Bertz CT molecular complexity index is 656. The van der Waals surface area contributed by atoms with Crippen molar-refractivity contribution >= 4 is 33.2 Å². The molecule has 2 aromatic rings. The summed E-state index contributed by atoms with van der Waals surface area (Å²) >= 11 is 2.91. The average Bonchev–Trinajstić information content (AvgIpc) is 2.67. The number of nitrogen functional groups attached to an aromatic ring is 1. The molecule has 5 nitrogen and oxygen atoms in total. The standard InChI is InChI=1S/C11H9BrF2N4O/c1-4-9(15)10(18-17-4)11(19)16-8-2-5(12)6(13)3-7(8)14/h2-3H,15H2,1H3,(H,16,19)(H,17,18). The molecule has 0 bridgehead atoms. The number of amides is 1. The minimum atomic E-state index is -0.889. The molecule has 8 heteroatoms. The van der Waals surface area contributed by atoms with Crippen molar-refractivity contribution in [1.82, 2.24) is 10.2 Å². The van der Waals surface area contributed by atoms with Gasteiger partial charge in [0.05, 0.1) is 21.5 Å². The fraction of sp³-hybridized carbons (Fsp3) is 0.0909. The van der Waals surface area contributed by atoms with Gasteiger partial charge in [-0.3, -0.25) is 9.89 Å². The summed E-state index contributed by atoms with van der Waals surface area (Å²) < 4.78 is 26.6. The number of hydrogen-bond acceptors (Lipinski definition) is 3. The Labute approximate surface area is 115 Å². The Morgan fingerprint density at radius 3 is 2.68 bits per heavy atom. The van der Waals surface area contributed by atoms with Crippen molar-refractivity contribution in [3.63, 3.8) is 0 Å². The van der Waals surface area contributed by atoms with Crippen molar-refractivity contribution < 1.29 is 13.6 Å². The van der Waals surface area contributed by atoms with E-state index in [0.717, 1.165) is 6.07 Å². The Kier molecular flexibility index (Phi) is 3.52. The average molecular weight is 331 g/mol. The van der Waals surface area contributed by atoms with Crippen LogP contribution in [-0.2, 0) is 0 Å². The van der Waals surface area contributed by atoms with Gasteiger partial charge in [-0.2, -0.15) is 5.10 Å². The molecule has 0 fully saturated rings. The molecule has 0 radical (unpaired) electrons. The zero-order valence-corrected chi connectivity index (χ0v) is 11.3. The predicted octanol–water partition coefficient (Wildman–Crippen LogP) is 2.59. The number of aromatic nitrogens is 2. The Morgan fingerprint density at radius 2 is 2.11 bits per heavy atom. The third-order valence-electron chi connectivity index (χ3n) is 2.47. The second-order valence-corrected chi connectivity index (χ2v) is 4.67. The second-order valence-electron chi connectivity index (χ2n) is 3.81. The van der Waals surface area contributed by atoms with Crippen LogP contribution in [0.4, 0.5) is 20.2 Å². The Morgan fingerprint density at radius 1 is 1.42 bits per heavy atom. The topological polar surface area (TPSA) is 83.8 Å². The van der Waals surface area contributed by atoms with Crippen molar-refractivity contribution in [2.45, 2.75) is 6.92 Å². The van der Waals surface area contributed by atoms with Gasteiger partial charge in [-0.25, -0.2) is 8.78 Å². The van der Waals surface area contributed by atoms with E-state index in [2.05, 4.69) is 31.4 Å². The van der Waals surface area contributed by atoms with E-state index in [-0.39, 0.29) is 21.5 Å². The normalized spacial score (nSPS) is 10.5. The van der Waals surface area contributed by atoms with Gasteiger partial charge in [0, 0.05) is 6.07 Å². The van der Waals surface area contributed by atoms with Gasteiger partial charge in [0.25, 0.3) is 5.91 Å².